The average molecular weight is 332 g/mol. The maximum absolute atomic E-state index is 12.3. The number of benzene rings is 1. The molecule has 96 valence electrons. The van der Waals surface area contributed by atoms with E-state index in [1.165, 1.54) is 10.9 Å². The van der Waals surface area contributed by atoms with E-state index in [2.05, 4.69) is 20.9 Å². The van der Waals surface area contributed by atoms with Crippen LogP contribution in [0.15, 0.2) is 27.7 Å². The SMILES string of the molecule is CC(C)(O)Cn1cnc2ccc(Br)c(Cl)c2c1=O. The van der Waals surface area contributed by atoms with E-state index in [9.17, 15) is 9.90 Å². The summed E-state index contributed by atoms with van der Waals surface area (Å²) in [4.78, 5) is 16.5. The highest BCUT2D eigenvalue weighted by Gasteiger charge is 2.17. The van der Waals surface area contributed by atoms with Gasteiger partial charge in [-0.15, -0.1) is 0 Å². The zero-order valence-corrected chi connectivity index (χ0v) is 12.3. The zero-order chi connectivity index (χ0) is 13.5. The Labute approximate surface area is 117 Å². The van der Waals surface area contributed by atoms with Crippen LogP contribution < -0.4 is 5.56 Å². The van der Waals surface area contributed by atoms with Crippen molar-refractivity contribution in [2.75, 3.05) is 0 Å². The molecule has 1 aromatic heterocycles. The molecule has 4 nitrogen and oxygen atoms in total. The smallest absolute Gasteiger partial charge is 0.262 e. The molecule has 1 heterocycles. The summed E-state index contributed by atoms with van der Waals surface area (Å²) >= 11 is 9.39. The first kappa shape index (κ1) is 13.5. The Morgan fingerprint density at radius 1 is 1.50 bits per heavy atom. The first-order chi connectivity index (χ1) is 8.29. The molecule has 0 bridgehead atoms. The first-order valence-corrected chi connectivity index (χ1v) is 6.52. The topological polar surface area (TPSA) is 55.1 Å². The summed E-state index contributed by atoms with van der Waals surface area (Å²) < 4.78 is 2.01. The summed E-state index contributed by atoms with van der Waals surface area (Å²) in [7, 11) is 0. The molecule has 2 rings (SSSR count). The van der Waals surface area contributed by atoms with Crippen LogP contribution in [-0.4, -0.2) is 20.3 Å². The van der Waals surface area contributed by atoms with Crippen LogP contribution in [0, 0.1) is 0 Å². The average Bonchev–Trinajstić information content (AvgIpc) is 2.25. The number of rotatable bonds is 2. The van der Waals surface area contributed by atoms with Crippen LogP contribution >= 0.6 is 27.5 Å². The standard InChI is InChI=1S/C12H12BrClN2O2/c1-12(2,18)5-16-6-15-8-4-3-7(13)10(14)9(8)11(16)17/h3-4,6,18H,5H2,1-2H3. The van der Waals surface area contributed by atoms with Gasteiger partial charge in [0.1, 0.15) is 0 Å². The van der Waals surface area contributed by atoms with E-state index >= 15 is 0 Å². The summed E-state index contributed by atoms with van der Waals surface area (Å²) in [5, 5.41) is 10.5. The van der Waals surface area contributed by atoms with Gasteiger partial charge in [0.05, 0.1) is 34.4 Å². The quantitative estimate of drug-likeness (QED) is 0.920. The van der Waals surface area contributed by atoms with E-state index in [-0.39, 0.29) is 12.1 Å². The second kappa shape index (κ2) is 4.64. The highest BCUT2D eigenvalue weighted by Crippen LogP contribution is 2.27. The molecule has 0 aliphatic heterocycles. The lowest BCUT2D eigenvalue weighted by Crippen LogP contribution is -2.32. The largest absolute Gasteiger partial charge is 0.389 e. The molecule has 0 aliphatic carbocycles. The fourth-order valence-corrected chi connectivity index (χ4v) is 2.28. The third-order valence-electron chi connectivity index (χ3n) is 2.44. The fraction of sp³-hybridized carbons (Fsp3) is 0.333. The van der Waals surface area contributed by atoms with Gasteiger partial charge in [-0.2, -0.15) is 0 Å². The predicted octanol–water partition coefficient (Wildman–Crippen LogP) is 2.58. The van der Waals surface area contributed by atoms with Crippen LogP contribution in [0.4, 0.5) is 0 Å². The van der Waals surface area contributed by atoms with Gasteiger partial charge in [0, 0.05) is 4.47 Å². The molecule has 0 unspecified atom stereocenters. The normalized spacial score (nSPS) is 12.1. The summed E-state index contributed by atoms with van der Waals surface area (Å²) in [6.07, 6.45) is 1.42. The Bertz CT molecular complexity index is 661. The van der Waals surface area contributed by atoms with Crippen LogP contribution in [-0.2, 0) is 6.54 Å². The third kappa shape index (κ3) is 2.58. The van der Waals surface area contributed by atoms with Gasteiger partial charge in [-0.1, -0.05) is 11.6 Å². The van der Waals surface area contributed by atoms with Gasteiger partial charge in [0.15, 0.2) is 0 Å². The minimum absolute atomic E-state index is 0.164. The van der Waals surface area contributed by atoms with Gasteiger partial charge in [0.25, 0.3) is 5.56 Å². The van der Waals surface area contributed by atoms with Gasteiger partial charge in [0.2, 0.25) is 0 Å². The minimum atomic E-state index is -0.988. The lowest BCUT2D eigenvalue weighted by atomic mass is 10.1. The Kier molecular flexibility index (Phi) is 3.49. The van der Waals surface area contributed by atoms with Crippen LogP contribution in [0.25, 0.3) is 10.9 Å². The lowest BCUT2D eigenvalue weighted by molar-refractivity contribution is 0.0603. The van der Waals surface area contributed by atoms with Crippen molar-refractivity contribution in [2.45, 2.75) is 26.0 Å². The Morgan fingerprint density at radius 3 is 2.78 bits per heavy atom. The van der Waals surface area contributed by atoms with Crippen LogP contribution in [0.2, 0.25) is 5.02 Å². The third-order valence-corrected chi connectivity index (χ3v) is 3.72. The molecule has 0 amide bonds. The molecule has 0 aliphatic rings. The highest BCUT2D eigenvalue weighted by molar-refractivity contribution is 9.10. The molecule has 0 spiro atoms. The minimum Gasteiger partial charge on any atom is -0.389 e. The van der Waals surface area contributed by atoms with Crippen molar-refractivity contribution >= 4 is 38.4 Å². The van der Waals surface area contributed by atoms with Crippen molar-refractivity contribution in [2.24, 2.45) is 0 Å². The number of aromatic nitrogens is 2. The molecule has 0 radical (unpaired) electrons. The summed E-state index contributed by atoms with van der Waals surface area (Å²) in [5.74, 6) is 0. The van der Waals surface area contributed by atoms with Crippen molar-refractivity contribution in [1.82, 2.24) is 9.55 Å². The molecular formula is C12H12BrClN2O2. The van der Waals surface area contributed by atoms with Crippen molar-refractivity contribution < 1.29 is 5.11 Å². The van der Waals surface area contributed by atoms with E-state index in [4.69, 9.17) is 11.6 Å². The molecule has 2 aromatic rings. The molecular weight excluding hydrogens is 320 g/mol. The second-order valence-corrected chi connectivity index (χ2v) is 5.98. The van der Waals surface area contributed by atoms with Gasteiger partial charge < -0.3 is 5.11 Å². The van der Waals surface area contributed by atoms with Crippen LogP contribution in [0.1, 0.15) is 13.8 Å². The Hall–Kier alpha value is -0.910. The number of hydrogen-bond donors (Lipinski definition) is 1. The van der Waals surface area contributed by atoms with Crippen LogP contribution in [0.3, 0.4) is 0 Å². The number of nitrogens with zero attached hydrogens (tertiary/aromatic N) is 2. The van der Waals surface area contributed by atoms with E-state index < -0.39 is 5.60 Å². The van der Waals surface area contributed by atoms with Crippen molar-refractivity contribution in [3.8, 4) is 0 Å². The van der Waals surface area contributed by atoms with Crippen LogP contribution in [0.5, 0.6) is 0 Å². The molecule has 6 heteroatoms. The number of aliphatic hydroxyl groups is 1. The van der Waals surface area contributed by atoms with Gasteiger partial charge >= 0.3 is 0 Å². The van der Waals surface area contributed by atoms with E-state index in [1.807, 2.05) is 0 Å². The number of fused-ring (bicyclic) bond motifs is 1. The first-order valence-electron chi connectivity index (χ1n) is 5.35. The van der Waals surface area contributed by atoms with Gasteiger partial charge in [-0.05, 0) is 41.9 Å². The maximum atomic E-state index is 12.3. The Balaban J connectivity index is 2.71. The highest BCUT2D eigenvalue weighted by atomic mass is 79.9. The summed E-state index contributed by atoms with van der Waals surface area (Å²) in [6, 6.07) is 3.47. The molecule has 18 heavy (non-hydrogen) atoms. The molecule has 0 fully saturated rings. The zero-order valence-electron chi connectivity index (χ0n) is 9.94. The van der Waals surface area contributed by atoms with Crippen molar-refractivity contribution in [3.05, 3.63) is 38.3 Å². The van der Waals surface area contributed by atoms with E-state index in [1.54, 1.807) is 26.0 Å². The monoisotopic (exact) mass is 330 g/mol. The number of halogens is 2. The van der Waals surface area contributed by atoms with Crippen molar-refractivity contribution in [3.63, 3.8) is 0 Å². The van der Waals surface area contributed by atoms with Gasteiger partial charge in [-0.3, -0.25) is 9.36 Å². The number of hydrogen-bond acceptors (Lipinski definition) is 3. The summed E-state index contributed by atoms with van der Waals surface area (Å²) in [6.45, 7) is 3.43. The molecule has 0 saturated carbocycles. The molecule has 1 N–H and O–H groups in total. The van der Waals surface area contributed by atoms with E-state index in [0.29, 0.717) is 20.4 Å². The molecule has 1 aromatic carbocycles. The molecule has 0 saturated heterocycles. The second-order valence-electron chi connectivity index (χ2n) is 4.75. The summed E-state index contributed by atoms with van der Waals surface area (Å²) in [5.41, 5.74) is -0.703. The van der Waals surface area contributed by atoms with E-state index in [0.717, 1.165) is 0 Å². The van der Waals surface area contributed by atoms with Crippen molar-refractivity contribution in [1.29, 1.82) is 0 Å². The Morgan fingerprint density at radius 2 is 2.17 bits per heavy atom. The fourth-order valence-electron chi connectivity index (χ4n) is 1.71. The predicted molar refractivity (Wildman–Crippen MR) is 75.0 cm³/mol. The molecule has 0 atom stereocenters. The maximum Gasteiger partial charge on any atom is 0.262 e. The van der Waals surface area contributed by atoms with Gasteiger partial charge in [-0.25, -0.2) is 4.98 Å². The lowest BCUT2D eigenvalue weighted by Gasteiger charge is -2.18.